The van der Waals surface area contributed by atoms with E-state index in [9.17, 15) is 19.5 Å². The number of aromatic hydroxyl groups is 1. The number of halogens is 1. The van der Waals surface area contributed by atoms with E-state index < -0.39 is 35.0 Å². The number of likely N-dealkylation sites (tertiary alicyclic amines) is 1. The summed E-state index contributed by atoms with van der Waals surface area (Å²) in [6.45, 7) is 2.30. The molecule has 2 saturated heterocycles. The molecule has 8 rings (SSSR count). The molecular formula is C39H33ClN2O5. The zero-order valence-electron chi connectivity index (χ0n) is 25.8. The average molecular weight is 645 g/mol. The van der Waals surface area contributed by atoms with E-state index in [4.69, 9.17) is 11.6 Å². The second-order valence-corrected chi connectivity index (χ2v) is 13.6. The minimum atomic E-state index is -1.37. The Hall–Kier alpha value is -4.75. The summed E-state index contributed by atoms with van der Waals surface area (Å²) < 4.78 is 0. The van der Waals surface area contributed by atoms with Gasteiger partial charge in [0.05, 0.1) is 28.9 Å². The summed E-state index contributed by atoms with van der Waals surface area (Å²) in [6.07, 6.45) is 3.35. The first-order valence-corrected chi connectivity index (χ1v) is 16.6. The Kier molecular flexibility index (Phi) is 6.88. The number of amides is 4. The molecule has 1 N–H and O–H groups in total. The van der Waals surface area contributed by atoms with Crippen molar-refractivity contribution in [2.75, 3.05) is 11.4 Å². The number of anilines is 1. The van der Waals surface area contributed by atoms with E-state index in [2.05, 4.69) is 6.08 Å². The quantitative estimate of drug-likeness (QED) is 0.191. The van der Waals surface area contributed by atoms with Crippen LogP contribution in [0, 0.1) is 23.7 Å². The molecule has 7 nitrogen and oxygen atoms in total. The van der Waals surface area contributed by atoms with Gasteiger partial charge in [-0.2, -0.15) is 0 Å². The van der Waals surface area contributed by atoms with Crippen LogP contribution in [0.3, 0.4) is 0 Å². The highest BCUT2D eigenvalue weighted by molar-refractivity contribution is 6.32. The fourth-order valence-corrected chi connectivity index (χ4v) is 9.34. The molecule has 2 heterocycles. The largest absolute Gasteiger partial charge is 0.507 e. The second kappa shape index (κ2) is 10.9. The normalized spacial score (nSPS) is 28.4. The fourth-order valence-electron chi connectivity index (χ4n) is 9.16. The summed E-state index contributed by atoms with van der Waals surface area (Å²) >= 11 is 6.40. The summed E-state index contributed by atoms with van der Waals surface area (Å²) in [5.41, 5.74) is 1.42. The van der Waals surface area contributed by atoms with Crippen molar-refractivity contribution in [3.05, 3.63) is 119 Å². The molecule has 3 fully saturated rings. The van der Waals surface area contributed by atoms with E-state index in [1.807, 2.05) is 67.6 Å². The maximum atomic E-state index is 15.4. The molecule has 4 aromatic carbocycles. The average Bonchev–Trinajstić information content (AvgIpc) is 3.46. The van der Waals surface area contributed by atoms with Crippen molar-refractivity contribution in [2.45, 2.75) is 37.5 Å². The number of rotatable bonds is 5. The molecule has 0 aromatic heterocycles. The topological polar surface area (TPSA) is 95.0 Å². The van der Waals surface area contributed by atoms with Gasteiger partial charge in [0.15, 0.2) is 0 Å². The van der Waals surface area contributed by atoms with E-state index in [0.717, 1.165) is 16.5 Å². The smallest absolute Gasteiger partial charge is 0.246 e. The molecule has 0 bridgehead atoms. The predicted molar refractivity (Wildman–Crippen MR) is 179 cm³/mol. The molecule has 2 aliphatic heterocycles. The molecular weight excluding hydrogens is 612 g/mol. The molecule has 47 heavy (non-hydrogen) atoms. The van der Waals surface area contributed by atoms with Gasteiger partial charge < -0.3 is 5.11 Å². The third-order valence-electron chi connectivity index (χ3n) is 11.0. The molecule has 0 spiro atoms. The zero-order valence-corrected chi connectivity index (χ0v) is 26.6. The highest BCUT2D eigenvalue weighted by Crippen LogP contribution is 2.65. The van der Waals surface area contributed by atoms with Crippen LogP contribution in [0.1, 0.15) is 43.2 Å². The molecule has 2 aliphatic carbocycles. The Morgan fingerprint density at radius 2 is 1.57 bits per heavy atom. The third-order valence-corrected chi connectivity index (χ3v) is 11.2. The third kappa shape index (κ3) is 4.05. The second-order valence-electron chi connectivity index (χ2n) is 13.1. The maximum absolute atomic E-state index is 15.4. The van der Waals surface area contributed by atoms with Crippen LogP contribution in [-0.2, 0) is 24.6 Å². The lowest BCUT2D eigenvalue weighted by Crippen LogP contribution is -2.53. The molecule has 0 radical (unpaired) electrons. The van der Waals surface area contributed by atoms with Crippen molar-refractivity contribution in [1.82, 2.24) is 4.90 Å². The Bertz CT molecular complexity index is 2020. The van der Waals surface area contributed by atoms with Crippen LogP contribution in [0.4, 0.5) is 5.69 Å². The first-order chi connectivity index (χ1) is 22.8. The lowest BCUT2D eigenvalue weighted by atomic mass is 9.49. The Morgan fingerprint density at radius 3 is 2.32 bits per heavy atom. The number of carbonyl (C=O) groups excluding carboxylic acids is 4. The van der Waals surface area contributed by atoms with Crippen molar-refractivity contribution in [2.24, 2.45) is 23.7 Å². The Balaban J connectivity index is 1.43. The zero-order chi connectivity index (χ0) is 32.6. The number of hydrogen-bond acceptors (Lipinski definition) is 5. The summed E-state index contributed by atoms with van der Waals surface area (Å²) in [7, 11) is 0. The standard InChI is InChI=1S/C39H33ClN2O5/c1-2-19-41-35(44)29-16-15-28-30(33(29)37(41)46)21-31-36(45)42(24-12-8-11-23(40)20-24)38(47)39(31,22-9-4-3-5-10-22)34(28)27-17-18-32(43)26-14-7-6-13-25(26)27/h3-15,17-18,20,29-31,33-34,43H,2,16,19,21H2,1H3/t29-,30+,31-,33-,34-,39+/m0/s1. The predicted octanol–water partition coefficient (Wildman–Crippen LogP) is 6.77. The SMILES string of the molecule is CCCN1C(=O)[C@H]2[C@H](CC=C3[C@H]2C[C@H]2C(=O)N(c4cccc(Cl)c4)C(=O)[C@@]2(c2ccccc2)[C@H]3c2ccc(O)c3ccccc23)C1=O. The van der Waals surface area contributed by atoms with E-state index in [1.165, 1.54) is 9.80 Å². The van der Waals surface area contributed by atoms with Crippen molar-refractivity contribution < 1.29 is 24.3 Å². The Morgan fingerprint density at radius 1 is 0.830 bits per heavy atom. The number of hydrogen-bond donors (Lipinski definition) is 1. The van der Waals surface area contributed by atoms with Gasteiger partial charge in [-0.1, -0.05) is 96.9 Å². The maximum Gasteiger partial charge on any atom is 0.246 e. The van der Waals surface area contributed by atoms with Gasteiger partial charge in [0.25, 0.3) is 0 Å². The van der Waals surface area contributed by atoms with Gasteiger partial charge in [0.1, 0.15) is 5.75 Å². The van der Waals surface area contributed by atoms with E-state index in [0.29, 0.717) is 41.0 Å². The van der Waals surface area contributed by atoms with Crippen molar-refractivity contribution in [1.29, 1.82) is 0 Å². The van der Waals surface area contributed by atoms with Gasteiger partial charge in [0, 0.05) is 22.9 Å². The van der Waals surface area contributed by atoms with Gasteiger partial charge in [-0.15, -0.1) is 0 Å². The number of fused-ring (bicyclic) bond motifs is 5. The molecule has 1 saturated carbocycles. The van der Waals surface area contributed by atoms with Gasteiger partial charge in [0.2, 0.25) is 23.6 Å². The van der Waals surface area contributed by atoms with E-state index in [1.54, 1.807) is 30.3 Å². The molecule has 4 aromatic rings. The highest BCUT2D eigenvalue weighted by atomic mass is 35.5. The molecule has 0 unspecified atom stereocenters. The highest BCUT2D eigenvalue weighted by Gasteiger charge is 2.70. The molecule has 236 valence electrons. The van der Waals surface area contributed by atoms with Gasteiger partial charge in [-0.25, -0.2) is 4.90 Å². The van der Waals surface area contributed by atoms with Crippen LogP contribution in [0.15, 0.2) is 103 Å². The monoisotopic (exact) mass is 644 g/mol. The first kappa shape index (κ1) is 29.6. The lowest BCUT2D eigenvalue weighted by molar-refractivity contribution is -0.140. The van der Waals surface area contributed by atoms with Crippen LogP contribution in [-0.4, -0.2) is 40.2 Å². The van der Waals surface area contributed by atoms with Crippen molar-refractivity contribution in [3.8, 4) is 5.75 Å². The summed E-state index contributed by atoms with van der Waals surface area (Å²) in [5.74, 6) is -3.98. The minimum Gasteiger partial charge on any atom is -0.507 e. The number of phenolic OH excluding ortho intramolecular Hbond substituents is 1. The first-order valence-electron chi connectivity index (χ1n) is 16.2. The van der Waals surface area contributed by atoms with Crippen LogP contribution >= 0.6 is 11.6 Å². The summed E-state index contributed by atoms with van der Waals surface area (Å²) in [4.78, 5) is 60.6. The number of phenols is 1. The lowest BCUT2D eigenvalue weighted by Gasteiger charge is -2.51. The van der Waals surface area contributed by atoms with Crippen molar-refractivity contribution in [3.63, 3.8) is 0 Å². The number of imide groups is 2. The van der Waals surface area contributed by atoms with Crippen LogP contribution in [0.2, 0.25) is 5.02 Å². The fraction of sp³-hybridized carbons (Fsp3) is 0.282. The van der Waals surface area contributed by atoms with E-state index in [-0.39, 0.29) is 35.8 Å². The number of nitrogens with zero attached hydrogens (tertiary/aromatic N) is 2. The molecule has 6 atom stereocenters. The van der Waals surface area contributed by atoms with Gasteiger partial charge in [-0.05, 0) is 66.0 Å². The summed E-state index contributed by atoms with van der Waals surface area (Å²) in [6, 6.07) is 27.2. The van der Waals surface area contributed by atoms with Crippen molar-refractivity contribution >= 4 is 51.7 Å². The van der Waals surface area contributed by atoms with Crippen LogP contribution < -0.4 is 4.90 Å². The Labute approximate surface area is 277 Å². The van der Waals surface area contributed by atoms with Gasteiger partial charge >= 0.3 is 0 Å². The number of allylic oxidation sites excluding steroid dienone is 2. The minimum absolute atomic E-state index is 0.112. The van der Waals surface area contributed by atoms with Gasteiger partial charge in [-0.3, -0.25) is 24.1 Å². The molecule has 8 heteroatoms. The van der Waals surface area contributed by atoms with Crippen LogP contribution in [0.5, 0.6) is 5.75 Å². The number of benzene rings is 4. The van der Waals surface area contributed by atoms with E-state index >= 15 is 4.79 Å². The van der Waals surface area contributed by atoms with Crippen LogP contribution in [0.25, 0.3) is 10.8 Å². The summed E-state index contributed by atoms with van der Waals surface area (Å²) in [5, 5.41) is 12.7. The molecule has 4 amide bonds. The molecule has 4 aliphatic rings. The number of carbonyl (C=O) groups is 4.